The van der Waals surface area contributed by atoms with E-state index in [1.165, 1.54) is 6.92 Å². The van der Waals surface area contributed by atoms with Crippen molar-refractivity contribution in [3.05, 3.63) is 0 Å². The van der Waals surface area contributed by atoms with Crippen molar-refractivity contribution in [2.75, 3.05) is 0 Å². The molecule has 0 saturated carbocycles. The maximum absolute atomic E-state index is 11.0. The molecule has 0 saturated heterocycles. The lowest BCUT2D eigenvalue weighted by Crippen LogP contribution is -2.45. The molecule has 2 N–H and O–H groups in total. The standard InChI is InChI=1S/C8H16O5S/c1-3-5-6-8(4-2,7(9)10)14(11,12)13/h3-6H2,1-2H3,(H,9,10)(H,11,12,13). The van der Waals surface area contributed by atoms with Gasteiger partial charge in [-0.25, -0.2) is 0 Å². The van der Waals surface area contributed by atoms with Crippen molar-refractivity contribution < 1.29 is 22.9 Å². The summed E-state index contributed by atoms with van der Waals surface area (Å²) in [5.74, 6) is -1.48. The summed E-state index contributed by atoms with van der Waals surface area (Å²) >= 11 is 0. The van der Waals surface area contributed by atoms with Crippen molar-refractivity contribution in [2.24, 2.45) is 0 Å². The fourth-order valence-corrected chi connectivity index (χ4v) is 2.31. The fraction of sp³-hybridized carbons (Fsp3) is 0.875. The van der Waals surface area contributed by atoms with Gasteiger partial charge in [0.15, 0.2) is 4.75 Å². The first kappa shape index (κ1) is 13.4. The summed E-state index contributed by atoms with van der Waals surface area (Å²) in [6.45, 7) is 3.27. The first-order valence-corrected chi connectivity index (χ1v) is 5.96. The van der Waals surface area contributed by atoms with E-state index in [9.17, 15) is 13.2 Å². The predicted molar refractivity (Wildman–Crippen MR) is 51.7 cm³/mol. The van der Waals surface area contributed by atoms with Gasteiger partial charge in [-0.2, -0.15) is 8.42 Å². The highest BCUT2D eigenvalue weighted by atomic mass is 32.2. The Labute approximate surface area is 83.9 Å². The van der Waals surface area contributed by atoms with Gasteiger partial charge < -0.3 is 5.11 Å². The molecule has 0 aliphatic rings. The molecule has 0 aliphatic heterocycles. The average molecular weight is 224 g/mol. The van der Waals surface area contributed by atoms with Gasteiger partial charge in [-0.1, -0.05) is 26.7 Å². The number of aliphatic carboxylic acids is 1. The third-order valence-corrected chi connectivity index (χ3v) is 4.04. The van der Waals surface area contributed by atoms with E-state index < -0.39 is 20.8 Å². The number of carbonyl (C=O) groups is 1. The zero-order valence-electron chi connectivity index (χ0n) is 8.36. The van der Waals surface area contributed by atoms with Crippen molar-refractivity contribution in [3.8, 4) is 0 Å². The molecule has 0 aliphatic carbocycles. The van der Waals surface area contributed by atoms with Crippen LogP contribution in [-0.4, -0.2) is 28.8 Å². The van der Waals surface area contributed by atoms with Crippen LogP contribution in [0.5, 0.6) is 0 Å². The Morgan fingerprint density at radius 3 is 2.07 bits per heavy atom. The van der Waals surface area contributed by atoms with E-state index in [0.717, 1.165) is 0 Å². The summed E-state index contributed by atoms with van der Waals surface area (Å²) in [7, 11) is -4.55. The number of hydrogen-bond donors (Lipinski definition) is 2. The molecule has 0 amide bonds. The summed E-state index contributed by atoms with van der Waals surface area (Å²) < 4.78 is 28.9. The fourth-order valence-electron chi connectivity index (χ4n) is 1.32. The molecule has 0 aromatic rings. The van der Waals surface area contributed by atoms with Gasteiger partial charge in [-0.15, -0.1) is 0 Å². The smallest absolute Gasteiger partial charge is 0.327 e. The molecular formula is C8H16O5S. The highest BCUT2D eigenvalue weighted by Gasteiger charge is 2.48. The van der Waals surface area contributed by atoms with Crippen LogP contribution >= 0.6 is 0 Å². The second-order valence-corrected chi connectivity index (χ2v) is 4.96. The third-order valence-electron chi connectivity index (χ3n) is 2.39. The first-order chi connectivity index (χ1) is 6.31. The summed E-state index contributed by atoms with van der Waals surface area (Å²) in [6.07, 6.45) is 0.972. The van der Waals surface area contributed by atoms with Crippen molar-refractivity contribution in [3.63, 3.8) is 0 Å². The number of carboxylic acid groups (broad SMARTS) is 1. The molecule has 0 spiro atoms. The van der Waals surface area contributed by atoms with Crippen molar-refractivity contribution >= 4 is 16.1 Å². The summed E-state index contributed by atoms with van der Waals surface area (Å²) in [6, 6.07) is 0. The maximum atomic E-state index is 11.0. The van der Waals surface area contributed by atoms with Crippen LogP contribution in [0.1, 0.15) is 39.5 Å². The van der Waals surface area contributed by atoms with Gasteiger partial charge in [0.05, 0.1) is 0 Å². The number of unbranched alkanes of at least 4 members (excludes halogenated alkanes) is 1. The van der Waals surface area contributed by atoms with Crippen LogP contribution in [0.2, 0.25) is 0 Å². The number of rotatable bonds is 6. The van der Waals surface area contributed by atoms with E-state index in [1.807, 2.05) is 6.92 Å². The van der Waals surface area contributed by atoms with Gasteiger partial charge in [0.2, 0.25) is 0 Å². The molecule has 1 unspecified atom stereocenters. The lowest BCUT2D eigenvalue weighted by molar-refractivity contribution is -0.140. The SMILES string of the molecule is CCCCC(CC)(C(=O)O)S(=O)(=O)O. The minimum absolute atomic E-state index is 0.0475. The molecule has 0 radical (unpaired) electrons. The van der Waals surface area contributed by atoms with Crippen LogP contribution < -0.4 is 0 Å². The van der Waals surface area contributed by atoms with Crippen LogP contribution in [0.15, 0.2) is 0 Å². The molecule has 0 aromatic heterocycles. The van der Waals surface area contributed by atoms with Crippen molar-refractivity contribution in [2.45, 2.75) is 44.3 Å². The van der Waals surface area contributed by atoms with E-state index in [2.05, 4.69) is 0 Å². The molecule has 0 bridgehead atoms. The topological polar surface area (TPSA) is 91.7 Å². The molecular weight excluding hydrogens is 208 g/mol. The third kappa shape index (κ3) is 2.45. The van der Waals surface area contributed by atoms with Crippen LogP contribution in [0.25, 0.3) is 0 Å². The summed E-state index contributed by atoms with van der Waals surface area (Å²) in [5, 5.41) is 8.85. The van der Waals surface area contributed by atoms with Gasteiger partial charge in [-0.3, -0.25) is 9.35 Å². The molecule has 0 rings (SSSR count). The molecule has 6 heteroatoms. The lowest BCUT2D eigenvalue weighted by atomic mass is 9.98. The largest absolute Gasteiger partial charge is 0.480 e. The van der Waals surface area contributed by atoms with Crippen LogP contribution in [0.3, 0.4) is 0 Å². The van der Waals surface area contributed by atoms with E-state index in [4.69, 9.17) is 9.66 Å². The number of carboxylic acids is 1. The molecule has 5 nitrogen and oxygen atoms in total. The minimum Gasteiger partial charge on any atom is -0.480 e. The monoisotopic (exact) mass is 224 g/mol. The van der Waals surface area contributed by atoms with Gasteiger partial charge in [0, 0.05) is 0 Å². The number of hydrogen-bond acceptors (Lipinski definition) is 3. The van der Waals surface area contributed by atoms with Gasteiger partial charge in [0.25, 0.3) is 10.1 Å². The Balaban J connectivity index is 5.11. The van der Waals surface area contributed by atoms with Gasteiger partial charge in [0.1, 0.15) is 0 Å². The van der Waals surface area contributed by atoms with Crippen LogP contribution in [0, 0.1) is 0 Å². The summed E-state index contributed by atoms with van der Waals surface area (Å²) in [4.78, 5) is 10.9. The normalized spacial score (nSPS) is 16.2. The first-order valence-electron chi connectivity index (χ1n) is 4.52. The predicted octanol–water partition coefficient (Wildman–Crippen LogP) is 1.30. The minimum atomic E-state index is -4.55. The maximum Gasteiger partial charge on any atom is 0.327 e. The average Bonchev–Trinajstić information content (AvgIpc) is 2.03. The Morgan fingerprint density at radius 1 is 1.36 bits per heavy atom. The molecule has 1 atom stereocenters. The van der Waals surface area contributed by atoms with Crippen molar-refractivity contribution in [1.29, 1.82) is 0 Å². The lowest BCUT2D eigenvalue weighted by Gasteiger charge is -2.24. The Kier molecular flexibility index (Phi) is 4.54. The molecule has 14 heavy (non-hydrogen) atoms. The van der Waals surface area contributed by atoms with Gasteiger partial charge >= 0.3 is 5.97 Å². The highest BCUT2D eigenvalue weighted by molar-refractivity contribution is 7.88. The van der Waals surface area contributed by atoms with E-state index in [-0.39, 0.29) is 12.8 Å². The molecule has 0 aromatic carbocycles. The van der Waals surface area contributed by atoms with Crippen LogP contribution in [0.4, 0.5) is 0 Å². The van der Waals surface area contributed by atoms with E-state index >= 15 is 0 Å². The van der Waals surface area contributed by atoms with E-state index in [0.29, 0.717) is 12.8 Å². The molecule has 84 valence electrons. The second-order valence-electron chi connectivity index (χ2n) is 3.23. The Bertz CT molecular complexity index is 295. The quantitative estimate of drug-likeness (QED) is 0.663. The highest BCUT2D eigenvalue weighted by Crippen LogP contribution is 2.27. The van der Waals surface area contributed by atoms with Crippen LogP contribution in [-0.2, 0) is 14.9 Å². The zero-order valence-corrected chi connectivity index (χ0v) is 9.17. The zero-order chi connectivity index (χ0) is 11.4. The molecule has 0 heterocycles. The Hall–Kier alpha value is -0.620. The van der Waals surface area contributed by atoms with E-state index in [1.54, 1.807) is 0 Å². The van der Waals surface area contributed by atoms with Crippen molar-refractivity contribution in [1.82, 2.24) is 0 Å². The van der Waals surface area contributed by atoms with Gasteiger partial charge in [-0.05, 0) is 12.8 Å². The molecule has 0 fully saturated rings. The Morgan fingerprint density at radius 2 is 1.86 bits per heavy atom. The second kappa shape index (κ2) is 4.75. The summed E-state index contributed by atoms with van der Waals surface area (Å²) in [5.41, 5.74) is 0.